The average Bonchev–Trinajstić information content (AvgIpc) is 2.67. The van der Waals surface area contributed by atoms with E-state index in [0.29, 0.717) is 11.5 Å². The number of rotatable bonds is 4. The zero-order valence-corrected chi connectivity index (χ0v) is 13.2. The first-order valence-corrected chi connectivity index (χ1v) is 7.52. The summed E-state index contributed by atoms with van der Waals surface area (Å²) in [4.78, 5) is 2.48. The standard InChI is InChI=1S/C16H25ClN2/c1-12(2)18-10-13-14(17)6-5-7-15(13)19-9-8-16(3,4)11-19/h5-7,12,18H,8-11H2,1-4H3. The van der Waals surface area contributed by atoms with Gasteiger partial charge in [-0.3, -0.25) is 0 Å². The molecule has 0 radical (unpaired) electrons. The minimum Gasteiger partial charge on any atom is -0.371 e. The molecule has 1 saturated heterocycles. The van der Waals surface area contributed by atoms with E-state index >= 15 is 0 Å². The SMILES string of the molecule is CC(C)NCc1c(Cl)cccc1N1CCC(C)(C)C1. The topological polar surface area (TPSA) is 15.3 Å². The van der Waals surface area contributed by atoms with Crippen LogP contribution in [0.5, 0.6) is 0 Å². The van der Waals surface area contributed by atoms with Crippen molar-refractivity contribution in [1.82, 2.24) is 5.32 Å². The largest absolute Gasteiger partial charge is 0.371 e. The van der Waals surface area contributed by atoms with Gasteiger partial charge in [0, 0.05) is 41.9 Å². The molecule has 3 heteroatoms. The highest BCUT2D eigenvalue weighted by Gasteiger charge is 2.30. The number of hydrogen-bond donors (Lipinski definition) is 1. The Morgan fingerprint density at radius 3 is 2.68 bits per heavy atom. The lowest BCUT2D eigenvalue weighted by molar-refractivity contribution is 0.418. The molecule has 19 heavy (non-hydrogen) atoms. The van der Waals surface area contributed by atoms with Crippen molar-refractivity contribution in [3.63, 3.8) is 0 Å². The van der Waals surface area contributed by atoms with Gasteiger partial charge in [0.2, 0.25) is 0 Å². The molecule has 2 rings (SSSR count). The van der Waals surface area contributed by atoms with Crippen LogP contribution in [0.4, 0.5) is 5.69 Å². The van der Waals surface area contributed by atoms with Gasteiger partial charge in [-0.2, -0.15) is 0 Å². The Labute approximate surface area is 122 Å². The summed E-state index contributed by atoms with van der Waals surface area (Å²) in [5.74, 6) is 0. The molecule has 2 nitrogen and oxygen atoms in total. The van der Waals surface area contributed by atoms with Crippen LogP contribution in [0.3, 0.4) is 0 Å². The van der Waals surface area contributed by atoms with E-state index in [-0.39, 0.29) is 0 Å². The third-order valence-corrected chi connectivity index (χ3v) is 4.15. The molecular formula is C16H25ClN2. The summed E-state index contributed by atoms with van der Waals surface area (Å²) in [7, 11) is 0. The Bertz CT molecular complexity index is 440. The Balaban J connectivity index is 2.22. The van der Waals surface area contributed by atoms with E-state index in [1.807, 2.05) is 6.07 Å². The van der Waals surface area contributed by atoms with Crippen molar-refractivity contribution < 1.29 is 0 Å². The van der Waals surface area contributed by atoms with Gasteiger partial charge in [0.1, 0.15) is 0 Å². The van der Waals surface area contributed by atoms with Crippen LogP contribution in [0.15, 0.2) is 18.2 Å². The van der Waals surface area contributed by atoms with Crippen molar-refractivity contribution >= 4 is 17.3 Å². The summed E-state index contributed by atoms with van der Waals surface area (Å²) < 4.78 is 0. The van der Waals surface area contributed by atoms with E-state index in [0.717, 1.165) is 24.7 Å². The highest BCUT2D eigenvalue weighted by atomic mass is 35.5. The fourth-order valence-corrected chi connectivity index (χ4v) is 2.88. The number of nitrogens with one attached hydrogen (secondary N) is 1. The van der Waals surface area contributed by atoms with Crippen molar-refractivity contribution in [3.8, 4) is 0 Å². The van der Waals surface area contributed by atoms with Gasteiger partial charge >= 0.3 is 0 Å². The highest BCUT2D eigenvalue weighted by molar-refractivity contribution is 6.31. The maximum atomic E-state index is 6.40. The Morgan fingerprint density at radius 2 is 2.11 bits per heavy atom. The predicted molar refractivity (Wildman–Crippen MR) is 84.0 cm³/mol. The van der Waals surface area contributed by atoms with E-state index in [1.54, 1.807) is 0 Å². The molecule has 1 aliphatic heterocycles. The second kappa shape index (κ2) is 5.72. The van der Waals surface area contributed by atoms with Gasteiger partial charge in [-0.25, -0.2) is 0 Å². The summed E-state index contributed by atoms with van der Waals surface area (Å²) in [6.45, 7) is 12.1. The summed E-state index contributed by atoms with van der Waals surface area (Å²) in [6.07, 6.45) is 1.25. The fourth-order valence-electron chi connectivity index (χ4n) is 2.64. The van der Waals surface area contributed by atoms with Crippen molar-refractivity contribution in [2.75, 3.05) is 18.0 Å². The van der Waals surface area contributed by atoms with Crippen LogP contribution in [0.25, 0.3) is 0 Å². The Kier molecular flexibility index (Phi) is 4.42. The Morgan fingerprint density at radius 1 is 1.37 bits per heavy atom. The van der Waals surface area contributed by atoms with Crippen LogP contribution in [0.1, 0.15) is 39.7 Å². The number of halogens is 1. The number of hydrogen-bond acceptors (Lipinski definition) is 2. The number of benzene rings is 1. The summed E-state index contributed by atoms with van der Waals surface area (Å²) in [6, 6.07) is 6.72. The summed E-state index contributed by atoms with van der Waals surface area (Å²) in [5, 5.41) is 4.35. The molecule has 0 spiro atoms. The van der Waals surface area contributed by atoms with Crippen LogP contribution < -0.4 is 10.2 Å². The maximum absolute atomic E-state index is 6.40. The van der Waals surface area contributed by atoms with E-state index in [1.165, 1.54) is 17.7 Å². The first kappa shape index (κ1) is 14.7. The minimum atomic E-state index is 0.408. The second-order valence-electron chi connectivity index (χ2n) is 6.61. The molecule has 0 aromatic heterocycles. The lowest BCUT2D eigenvalue weighted by atomic mass is 9.93. The van der Waals surface area contributed by atoms with Crippen LogP contribution in [0, 0.1) is 5.41 Å². The molecule has 1 aromatic carbocycles. The molecule has 0 unspecified atom stereocenters. The molecule has 0 saturated carbocycles. The molecular weight excluding hydrogens is 256 g/mol. The zero-order valence-electron chi connectivity index (χ0n) is 12.5. The summed E-state index contributed by atoms with van der Waals surface area (Å²) >= 11 is 6.40. The van der Waals surface area contributed by atoms with Crippen LogP contribution in [-0.4, -0.2) is 19.1 Å². The monoisotopic (exact) mass is 280 g/mol. The van der Waals surface area contributed by atoms with Crippen LogP contribution in [-0.2, 0) is 6.54 Å². The highest BCUT2D eigenvalue weighted by Crippen LogP contribution is 2.36. The quantitative estimate of drug-likeness (QED) is 0.894. The molecule has 1 aromatic rings. The van der Waals surface area contributed by atoms with E-state index < -0.39 is 0 Å². The molecule has 1 N–H and O–H groups in total. The molecule has 0 bridgehead atoms. The van der Waals surface area contributed by atoms with Gasteiger partial charge in [0.05, 0.1) is 0 Å². The molecule has 1 heterocycles. The van der Waals surface area contributed by atoms with Gasteiger partial charge < -0.3 is 10.2 Å². The minimum absolute atomic E-state index is 0.408. The first-order valence-electron chi connectivity index (χ1n) is 7.15. The fraction of sp³-hybridized carbons (Fsp3) is 0.625. The second-order valence-corrected chi connectivity index (χ2v) is 7.02. The number of nitrogens with zero attached hydrogens (tertiary/aromatic N) is 1. The van der Waals surface area contributed by atoms with E-state index in [9.17, 15) is 0 Å². The van der Waals surface area contributed by atoms with Crippen molar-refractivity contribution in [2.45, 2.75) is 46.7 Å². The lowest BCUT2D eigenvalue weighted by Gasteiger charge is -2.25. The molecule has 106 valence electrons. The number of anilines is 1. The third-order valence-electron chi connectivity index (χ3n) is 3.80. The maximum Gasteiger partial charge on any atom is 0.0471 e. The van der Waals surface area contributed by atoms with Crippen LogP contribution >= 0.6 is 11.6 Å². The van der Waals surface area contributed by atoms with Crippen molar-refractivity contribution in [2.24, 2.45) is 5.41 Å². The average molecular weight is 281 g/mol. The molecule has 0 atom stereocenters. The molecule has 1 fully saturated rings. The van der Waals surface area contributed by atoms with Gasteiger partial charge in [0.25, 0.3) is 0 Å². The van der Waals surface area contributed by atoms with Crippen molar-refractivity contribution in [3.05, 3.63) is 28.8 Å². The molecule has 1 aliphatic rings. The van der Waals surface area contributed by atoms with Crippen LogP contribution in [0.2, 0.25) is 5.02 Å². The van der Waals surface area contributed by atoms with Gasteiger partial charge in [-0.1, -0.05) is 45.4 Å². The van der Waals surface area contributed by atoms with Gasteiger partial charge in [0.15, 0.2) is 0 Å². The third kappa shape index (κ3) is 3.64. The Hall–Kier alpha value is -0.730. The molecule has 0 aliphatic carbocycles. The van der Waals surface area contributed by atoms with E-state index in [4.69, 9.17) is 11.6 Å². The van der Waals surface area contributed by atoms with Crippen molar-refractivity contribution in [1.29, 1.82) is 0 Å². The normalized spacial score (nSPS) is 18.3. The lowest BCUT2D eigenvalue weighted by Crippen LogP contribution is -2.27. The summed E-state index contributed by atoms with van der Waals surface area (Å²) in [5.41, 5.74) is 2.94. The van der Waals surface area contributed by atoms with Gasteiger partial charge in [-0.15, -0.1) is 0 Å². The predicted octanol–water partition coefficient (Wildman–Crippen LogP) is 4.07. The first-order chi connectivity index (χ1) is 8.89. The van der Waals surface area contributed by atoms with Gasteiger partial charge in [-0.05, 0) is 24.0 Å². The van der Waals surface area contributed by atoms with E-state index in [2.05, 4.69) is 50.0 Å². The smallest absolute Gasteiger partial charge is 0.0471 e. The molecule has 0 amide bonds. The zero-order chi connectivity index (χ0) is 14.0.